The van der Waals surface area contributed by atoms with Gasteiger partial charge in [0.25, 0.3) is 5.22 Å². The Hall–Kier alpha value is -1.26. The van der Waals surface area contributed by atoms with E-state index < -0.39 is 0 Å². The van der Waals surface area contributed by atoms with Crippen molar-refractivity contribution in [3.05, 3.63) is 47.3 Å². The molecule has 0 spiro atoms. The van der Waals surface area contributed by atoms with Gasteiger partial charge in [0.15, 0.2) is 0 Å². The van der Waals surface area contributed by atoms with Gasteiger partial charge >= 0.3 is 0 Å². The fourth-order valence-electron chi connectivity index (χ4n) is 1.76. The number of aromatic nitrogens is 1. The van der Waals surface area contributed by atoms with Crippen LogP contribution in [0.5, 0.6) is 0 Å². The first kappa shape index (κ1) is 13.2. The average molecular weight is 262 g/mol. The first-order valence-electron chi connectivity index (χ1n) is 5.97. The summed E-state index contributed by atoms with van der Waals surface area (Å²) in [6.07, 6.45) is 3.28. The molecule has 1 heterocycles. The highest BCUT2D eigenvalue weighted by Gasteiger charge is 2.11. The van der Waals surface area contributed by atoms with Gasteiger partial charge in [0.05, 0.1) is 6.20 Å². The van der Waals surface area contributed by atoms with Crippen molar-refractivity contribution in [2.75, 3.05) is 12.8 Å². The highest BCUT2D eigenvalue weighted by Crippen LogP contribution is 2.24. The van der Waals surface area contributed by atoms with Gasteiger partial charge in [-0.2, -0.15) is 0 Å². The van der Waals surface area contributed by atoms with E-state index in [0.717, 1.165) is 11.0 Å². The van der Waals surface area contributed by atoms with Crippen molar-refractivity contribution in [1.29, 1.82) is 0 Å². The molecule has 0 aliphatic heterocycles. The van der Waals surface area contributed by atoms with Crippen LogP contribution in [0.3, 0.4) is 0 Å². The van der Waals surface area contributed by atoms with Crippen LogP contribution in [0.4, 0.5) is 0 Å². The molecule has 0 saturated heterocycles. The second-order valence-corrected chi connectivity index (χ2v) is 5.27. The number of hydrogen-bond acceptors (Lipinski definition) is 4. The summed E-state index contributed by atoms with van der Waals surface area (Å²) in [7, 11) is 1.98. The van der Waals surface area contributed by atoms with Crippen LogP contribution in [0.1, 0.15) is 22.7 Å². The summed E-state index contributed by atoms with van der Waals surface area (Å²) in [6.45, 7) is 4.28. The van der Waals surface area contributed by atoms with E-state index in [0.29, 0.717) is 6.04 Å². The molecule has 0 bridgehead atoms. The quantitative estimate of drug-likeness (QED) is 0.839. The number of oxazole rings is 1. The third-order valence-electron chi connectivity index (χ3n) is 3.06. The Morgan fingerprint density at radius 3 is 2.78 bits per heavy atom. The number of thioether (sulfide) groups is 1. The van der Waals surface area contributed by atoms with E-state index >= 15 is 0 Å². The second kappa shape index (κ2) is 6.07. The van der Waals surface area contributed by atoms with Crippen molar-refractivity contribution in [2.45, 2.75) is 25.1 Å². The van der Waals surface area contributed by atoms with Crippen LogP contribution in [-0.4, -0.2) is 17.8 Å². The van der Waals surface area contributed by atoms with Gasteiger partial charge in [-0.3, -0.25) is 0 Å². The number of nitrogens with one attached hydrogen (secondary N) is 1. The Morgan fingerprint density at radius 2 is 2.17 bits per heavy atom. The van der Waals surface area contributed by atoms with Crippen molar-refractivity contribution in [3.8, 4) is 0 Å². The maximum atomic E-state index is 5.23. The molecule has 0 fully saturated rings. The molecular formula is C14H18N2OS. The second-order valence-electron chi connectivity index (χ2n) is 4.29. The minimum atomic E-state index is 0.307. The van der Waals surface area contributed by atoms with E-state index in [1.165, 1.54) is 16.7 Å². The number of nitrogens with zero attached hydrogens (tertiary/aromatic N) is 1. The first-order chi connectivity index (χ1) is 8.70. The molecule has 0 radical (unpaired) electrons. The maximum absolute atomic E-state index is 5.23. The van der Waals surface area contributed by atoms with Crippen molar-refractivity contribution in [1.82, 2.24) is 10.3 Å². The summed E-state index contributed by atoms with van der Waals surface area (Å²) < 4.78 is 5.23. The lowest BCUT2D eigenvalue weighted by Crippen LogP contribution is -2.18. The summed E-state index contributed by atoms with van der Waals surface area (Å²) >= 11 is 1.62. The zero-order valence-corrected chi connectivity index (χ0v) is 11.8. The van der Waals surface area contributed by atoms with Gasteiger partial charge in [0.1, 0.15) is 6.26 Å². The van der Waals surface area contributed by atoms with Gasteiger partial charge in [-0.05, 0) is 37.6 Å². The lowest BCUT2D eigenvalue weighted by molar-refractivity contribution is 0.453. The summed E-state index contributed by atoms with van der Waals surface area (Å²) in [5.74, 6) is 0.902. The number of aryl methyl sites for hydroxylation is 2. The molecule has 96 valence electrons. The summed E-state index contributed by atoms with van der Waals surface area (Å²) in [4.78, 5) is 4.12. The highest BCUT2D eigenvalue weighted by atomic mass is 32.2. The smallest absolute Gasteiger partial charge is 0.255 e. The lowest BCUT2D eigenvalue weighted by atomic mass is 10.0. The predicted molar refractivity (Wildman–Crippen MR) is 74.9 cm³/mol. The van der Waals surface area contributed by atoms with Crippen LogP contribution < -0.4 is 5.32 Å². The van der Waals surface area contributed by atoms with Crippen LogP contribution in [0.25, 0.3) is 0 Å². The summed E-state index contributed by atoms with van der Waals surface area (Å²) in [6, 6.07) is 6.90. The van der Waals surface area contributed by atoms with E-state index in [1.54, 1.807) is 24.2 Å². The molecule has 0 aliphatic carbocycles. The van der Waals surface area contributed by atoms with Gasteiger partial charge in [-0.25, -0.2) is 4.98 Å². The van der Waals surface area contributed by atoms with E-state index in [2.05, 4.69) is 42.3 Å². The van der Waals surface area contributed by atoms with Crippen LogP contribution >= 0.6 is 11.8 Å². The SMILES string of the molecule is CNC(CSc1ncco1)c1ccc(C)c(C)c1. The fraction of sp³-hybridized carbons (Fsp3) is 0.357. The van der Waals surface area contributed by atoms with Gasteiger partial charge in [-0.15, -0.1) is 0 Å². The first-order valence-corrected chi connectivity index (χ1v) is 6.96. The molecule has 0 saturated carbocycles. The van der Waals surface area contributed by atoms with Crippen molar-refractivity contribution < 1.29 is 4.42 Å². The minimum Gasteiger partial charge on any atom is -0.440 e. The normalized spacial score (nSPS) is 12.6. The molecule has 2 aromatic rings. The molecule has 4 heteroatoms. The number of benzene rings is 1. The van der Waals surface area contributed by atoms with Crippen LogP contribution in [0.15, 0.2) is 40.3 Å². The zero-order valence-electron chi connectivity index (χ0n) is 10.9. The Bertz CT molecular complexity index is 497. The monoisotopic (exact) mass is 262 g/mol. The van der Waals surface area contributed by atoms with Crippen LogP contribution in [-0.2, 0) is 0 Å². The predicted octanol–water partition coefficient (Wildman–Crippen LogP) is 3.34. The molecule has 1 unspecified atom stereocenters. The van der Waals surface area contributed by atoms with E-state index in [1.807, 2.05) is 7.05 Å². The highest BCUT2D eigenvalue weighted by molar-refractivity contribution is 7.99. The molecule has 1 N–H and O–H groups in total. The zero-order chi connectivity index (χ0) is 13.0. The molecule has 0 amide bonds. The molecule has 3 nitrogen and oxygen atoms in total. The van der Waals surface area contributed by atoms with Gasteiger partial charge in [0, 0.05) is 11.8 Å². The standard InChI is InChI=1S/C14H18N2OS/c1-10-4-5-12(8-11(10)2)13(15-3)9-18-14-16-6-7-17-14/h4-8,13,15H,9H2,1-3H3. The van der Waals surface area contributed by atoms with Gasteiger partial charge in [-0.1, -0.05) is 30.0 Å². The van der Waals surface area contributed by atoms with Crippen molar-refractivity contribution in [3.63, 3.8) is 0 Å². The maximum Gasteiger partial charge on any atom is 0.255 e. The fourth-order valence-corrected chi connectivity index (χ4v) is 2.69. The Morgan fingerprint density at radius 1 is 1.33 bits per heavy atom. The molecule has 1 aromatic heterocycles. The van der Waals surface area contributed by atoms with Crippen LogP contribution in [0.2, 0.25) is 0 Å². The lowest BCUT2D eigenvalue weighted by Gasteiger charge is -2.16. The van der Waals surface area contributed by atoms with E-state index in [-0.39, 0.29) is 0 Å². The molecule has 2 rings (SSSR count). The van der Waals surface area contributed by atoms with E-state index in [4.69, 9.17) is 4.42 Å². The third kappa shape index (κ3) is 3.15. The molecular weight excluding hydrogens is 244 g/mol. The van der Waals surface area contributed by atoms with E-state index in [9.17, 15) is 0 Å². The van der Waals surface area contributed by atoms with Gasteiger partial charge in [0.2, 0.25) is 0 Å². The molecule has 18 heavy (non-hydrogen) atoms. The Labute approximate surface area is 112 Å². The van der Waals surface area contributed by atoms with Crippen LogP contribution in [0, 0.1) is 13.8 Å². The van der Waals surface area contributed by atoms with Crippen molar-refractivity contribution in [2.24, 2.45) is 0 Å². The average Bonchev–Trinajstić information content (AvgIpc) is 2.87. The molecule has 1 aromatic carbocycles. The molecule has 0 aliphatic rings. The topological polar surface area (TPSA) is 38.1 Å². The Balaban J connectivity index is 2.05. The van der Waals surface area contributed by atoms with Crippen molar-refractivity contribution >= 4 is 11.8 Å². The number of hydrogen-bond donors (Lipinski definition) is 1. The largest absolute Gasteiger partial charge is 0.440 e. The third-order valence-corrected chi connectivity index (χ3v) is 4.01. The number of rotatable bonds is 5. The summed E-state index contributed by atoms with van der Waals surface area (Å²) in [5.41, 5.74) is 3.96. The Kier molecular flexibility index (Phi) is 4.44. The summed E-state index contributed by atoms with van der Waals surface area (Å²) in [5, 5.41) is 4.06. The van der Waals surface area contributed by atoms with Gasteiger partial charge < -0.3 is 9.73 Å². The minimum absolute atomic E-state index is 0.307. The molecule has 1 atom stereocenters.